The first-order chi connectivity index (χ1) is 10.7. The molecule has 0 aliphatic carbocycles. The van der Waals surface area contributed by atoms with Crippen LogP contribution in [0.4, 0.5) is 17.1 Å². The van der Waals surface area contributed by atoms with E-state index in [9.17, 15) is 15.2 Å². The zero-order valence-corrected chi connectivity index (χ0v) is 14.5. The predicted molar refractivity (Wildman–Crippen MR) is 91.8 cm³/mol. The van der Waals surface area contributed by atoms with Gasteiger partial charge in [-0.05, 0) is 51.2 Å². The number of nitro benzene ring substituents is 1. The van der Waals surface area contributed by atoms with Crippen LogP contribution in [0.25, 0.3) is 0 Å². The highest BCUT2D eigenvalue weighted by Crippen LogP contribution is 2.39. The first-order valence-electron chi connectivity index (χ1n) is 6.87. The van der Waals surface area contributed by atoms with Crippen LogP contribution in [0.15, 0.2) is 51.1 Å². The van der Waals surface area contributed by atoms with Crippen molar-refractivity contribution in [2.75, 3.05) is 0 Å². The minimum atomic E-state index is -0.476. The number of aromatic hydroxyl groups is 1. The lowest BCUT2D eigenvalue weighted by Crippen LogP contribution is -2.10. The van der Waals surface area contributed by atoms with E-state index in [1.807, 2.05) is 6.07 Å². The molecule has 0 spiro atoms. The van der Waals surface area contributed by atoms with E-state index in [0.29, 0.717) is 15.8 Å². The molecule has 0 atom stereocenters. The van der Waals surface area contributed by atoms with E-state index in [1.54, 1.807) is 6.07 Å². The van der Waals surface area contributed by atoms with E-state index < -0.39 is 4.92 Å². The van der Waals surface area contributed by atoms with Gasteiger partial charge in [-0.15, -0.1) is 5.11 Å². The smallest absolute Gasteiger partial charge is 0.269 e. The molecule has 0 saturated carbocycles. The number of nitro groups is 1. The number of hydrogen-bond donors (Lipinski definition) is 1. The van der Waals surface area contributed by atoms with Crippen LogP contribution in [0.3, 0.4) is 0 Å². The number of hydrogen-bond acceptors (Lipinski definition) is 5. The molecule has 0 bridgehead atoms. The highest BCUT2D eigenvalue weighted by atomic mass is 79.9. The molecule has 0 aromatic heterocycles. The van der Waals surface area contributed by atoms with Gasteiger partial charge in [0.15, 0.2) is 5.75 Å². The van der Waals surface area contributed by atoms with Gasteiger partial charge in [-0.1, -0.05) is 20.8 Å². The lowest BCUT2D eigenvalue weighted by molar-refractivity contribution is -0.384. The van der Waals surface area contributed by atoms with Gasteiger partial charge in [-0.25, -0.2) is 0 Å². The molecule has 0 radical (unpaired) electrons. The van der Waals surface area contributed by atoms with Gasteiger partial charge >= 0.3 is 0 Å². The molecule has 0 saturated heterocycles. The van der Waals surface area contributed by atoms with Gasteiger partial charge in [0.25, 0.3) is 5.69 Å². The molecule has 2 rings (SSSR count). The summed E-state index contributed by atoms with van der Waals surface area (Å²) in [6, 6.07) is 9.34. The fourth-order valence-electron chi connectivity index (χ4n) is 1.85. The van der Waals surface area contributed by atoms with Gasteiger partial charge in [-0.3, -0.25) is 10.1 Å². The minimum Gasteiger partial charge on any atom is -0.505 e. The molecule has 7 heteroatoms. The number of phenols is 1. The van der Waals surface area contributed by atoms with Crippen LogP contribution in [0.1, 0.15) is 26.3 Å². The maximum atomic E-state index is 10.6. The third-order valence-corrected chi connectivity index (χ3v) is 3.85. The summed E-state index contributed by atoms with van der Waals surface area (Å²) in [5.74, 6) is 0.00339. The monoisotopic (exact) mass is 377 g/mol. The number of phenolic OH excluding ortho intramolecular Hbond substituents is 1. The van der Waals surface area contributed by atoms with Crippen LogP contribution >= 0.6 is 15.9 Å². The normalized spacial score (nSPS) is 11.8. The summed E-state index contributed by atoms with van der Waals surface area (Å²) < 4.78 is 0.544. The first kappa shape index (κ1) is 17.1. The standard InChI is InChI=1S/C16H16BrN3O3/c1-16(2,3)10-8-13(17)15(21)14(9-10)19-18-11-4-6-12(7-5-11)20(22)23/h4-9,21H,1-3H3. The highest BCUT2D eigenvalue weighted by Gasteiger charge is 2.18. The van der Waals surface area contributed by atoms with Crippen LogP contribution < -0.4 is 0 Å². The second-order valence-corrected chi connectivity index (χ2v) is 6.90. The Kier molecular flexibility index (Phi) is 4.79. The van der Waals surface area contributed by atoms with Crippen molar-refractivity contribution in [3.05, 3.63) is 56.5 Å². The van der Waals surface area contributed by atoms with Crippen molar-refractivity contribution in [1.29, 1.82) is 0 Å². The van der Waals surface area contributed by atoms with E-state index in [-0.39, 0.29) is 16.9 Å². The Morgan fingerprint density at radius 3 is 2.26 bits per heavy atom. The zero-order chi connectivity index (χ0) is 17.2. The Morgan fingerprint density at radius 2 is 1.74 bits per heavy atom. The molecule has 6 nitrogen and oxygen atoms in total. The molecule has 1 N–H and O–H groups in total. The first-order valence-corrected chi connectivity index (χ1v) is 7.67. The molecule has 0 amide bonds. The van der Waals surface area contributed by atoms with E-state index in [0.717, 1.165) is 5.56 Å². The second kappa shape index (κ2) is 6.45. The summed E-state index contributed by atoms with van der Waals surface area (Å²) in [5, 5.41) is 28.8. The number of nitrogens with zero attached hydrogens (tertiary/aromatic N) is 3. The van der Waals surface area contributed by atoms with Crippen molar-refractivity contribution in [2.45, 2.75) is 26.2 Å². The SMILES string of the molecule is CC(C)(C)c1cc(Br)c(O)c(N=Nc2ccc([N+](=O)[O-])cc2)c1. The molecule has 120 valence electrons. The summed E-state index contributed by atoms with van der Waals surface area (Å²) >= 11 is 3.31. The van der Waals surface area contributed by atoms with Crippen molar-refractivity contribution in [2.24, 2.45) is 10.2 Å². The van der Waals surface area contributed by atoms with E-state index in [4.69, 9.17) is 0 Å². The molecular formula is C16H16BrN3O3. The molecule has 0 unspecified atom stereocenters. The third-order valence-electron chi connectivity index (χ3n) is 3.24. The van der Waals surface area contributed by atoms with Crippen LogP contribution in [-0.2, 0) is 5.41 Å². The van der Waals surface area contributed by atoms with Crippen molar-refractivity contribution in [3.8, 4) is 5.75 Å². The van der Waals surface area contributed by atoms with E-state index in [1.165, 1.54) is 24.3 Å². The maximum Gasteiger partial charge on any atom is 0.269 e. The van der Waals surface area contributed by atoms with Crippen LogP contribution in [-0.4, -0.2) is 10.0 Å². The zero-order valence-electron chi connectivity index (χ0n) is 12.9. The molecule has 0 aliphatic heterocycles. The molecule has 2 aromatic carbocycles. The summed E-state index contributed by atoms with van der Waals surface area (Å²) in [5.41, 5.74) is 1.69. The Labute approximate surface area is 142 Å². The Bertz CT molecular complexity index is 765. The molecule has 0 heterocycles. The lowest BCUT2D eigenvalue weighted by atomic mass is 9.87. The van der Waals surface area contributed by atoms with E-state index in [2.05, 4.69) is 46.9 Å². The van der Waals surface area contributed by atoms with Gasteiger partial charge in [0.1, 0.15) is 5.69 Å². The molecular weight excluding hydrogens is 362 g/mol. The van der Waals surface area contributed by atoms with Crippen molar-refractivity contribution < 1.29 is 10.0 Å². The Hall–Kier alpha value is -2.28. The van der Waals surface area contributed by atoms with Crippen molar-refractivity contribution in [3.63, 3.8) is 0 Å². The predicted octanol–water partition coefficient (Wildman–Crippen LogP) is 5.78. The fraction of sp³-hybridized carbons (Fsp3) is 0.250. The molecule has 2 aromatic rings. The Morgan fingerprint density at radius 1 is 1.13 bits per heavy atom. The summed E-state index contributed by atoms with van der Waals surface area (Å²) in [7, 11) is 0. The van der Waals surface area contributed by atoms with Crippen molar-refractivity contribution >= 4 is 33.0 Å². The molecule has 23 heavy (non-hydrogen) atoms. The van der Waals surface area contributed by atoms with Gasteiger partial charge in [0, 0.05) is 12.1 Å². The van der Waals surface area contributed by atoms with Crippen LogP contribution in [0.5, 0.6) is 5.75 Å². The number of azo groups is 1. The average Bonchev–Trinajstić information content (AvgIpc) is 2.48. The number of rotatable bonds is 3. The fourth-order valence-corrected chi connectivity index (χ4v) is 2.30. The number of halogens is 1. The number of non-ortho nitro benzene ring substituents is 1. The number of benzene rings is 2. The molecule has 0 fully saturated rings. The van der Waals surface area contributed by atoms with Gasteiger partial charge in [-0.2, -0.15) is 5.11 Å². The maximum absolute atomic E-state index is 10.6. The minimum absolute atomic E-state index is 0.00339. The van der Waals surface area contributed by atoms with Crippen molar-refractivity contribution in [1.82, 2.24) is 0 Å². The molecule has 0 aliphatic rings. The average molecular weight is 378 g/mol. The lowest BCUT2D eigenvalue weighted by Gasteiger charge is -2.20. The van der Waals surface area contributed by atoms with E-state index >= 15 is 0 Å². The highest BCUT2D eigenvalue weighted by molar-refractivity contribution is 9.10. The second-order valence-electron chi connectivity index (χ2n) is 6.05. The summed E-state index contributed by atoms with van der Waals surface area (Å²) in [6.07, 6.45) is 0. The topological polar surface area (TPSA) is 88.1 Å². The third kappa shape index (κ3) is 4.13. The van der Waals surface area contributed by atoms with Gasteiger partial charge in [0.05, 0.1) is 15.1 Å². The van der Waals surface area contributed by atoms with Crippen LogP contribution in [0.2, 0.25) is 0 Å². The van der Waals surface area contributed by atoms with Crippen LogP contribution in [0, 0.1) is 10.1 Å². The Balaban J connectivity index is 2.35. The summed E-state index contributed by atoms with van der Waals surface area (Å²) in [6.45, 7) is 6.18. The largest absolute Gasteiger partial charge is 0.505 e. The quantitative estimate of drug-likeness (QED) is 0.417. The van der Waals surface area contributed by atoms with Gasteiger partial charge < -0.3 is 5.11 Å². The summed E-state index contributed by atoms with van der Waals surface area (Å²) in [4.78, 5) is 10.1. The van der Waals surface area contributed by atoms with Gasteiger partial charge in [0.2, 0.25) is 0 Å².